The summed E-state index contributed by atoms with van der Waals surface area (Å²) in [5.41, 5.74) is 0. The molecule has 1 rings (SSSR count). The lowest BCUT2D eigenvalue weighted by Gasteiger charge is -2.07. The van der Waals surface area contributed by atoms with Gasteiger partial charge < -0.3 is 0 Å². The molecule has 0 saturated carbocycles. The number of unbranched alkanes of at least 4 members (excludes halogenated alkanes) is 28. The van der Waals surface area contributed by atoms with Crippen LogP contribution in [0.15, 0.2) is 24.3 Å². The van der Waals surface area contributed by atoms with Crippen LogP contribution in [0, 0.1) is 11.8 Å². The van der Waals surface area contributed by atoms with E-state index in [1.807, 2.05) is 12.2 Å². The van der Waals surface area contributed by atoms with Crippen molar-refractivity contribution in [2.24, 2.45) is 11.8 Å². The highest BCUT2D eigenvalue weighted by Gasteiger charge is 2.37. The van der Waals surface area contributed by atoms with Gasteiger partial charge in [-0.2, -0.15) is 0 Å². The molecule has 1 N–H and O–H groups in total. The van der Waals surface area contributed by atoms with Crippen molar-refractivity contribution in [3.8, 4) is 0 Å². The Labute approximate surface area is 268 Å². The van der Waals surface area contributed by atoms with Crippen molar-refractivity contribution in [1.29, 1.82) is 0 Å². The minimum Gasteiger partial charge on any atom is -0.295 e. The third kappa shape index (κ3) is 23.6. The van der Waals surface area contributed by atoms with Crippen molar-refractivity contribution in [2.75, 3.05) is 0 Å². The van der Waals surface area contributed by atoms with E-state index in [1.54, 1.807) is 0 Å². The fourth-order valence-corrected chi connectivity index (χ4v) is 6.43. The lowest BCUT2D eigenvalue weighted by atomic mass is 9.93. The number of allylic oxidation sites excluding steroid dienone is 2. The molecule has 0 aromatic rings. The molecule has 1 fully saturated rings. The summed E-state index contributed by atoms with van der Waals surface area (Å²) in [7, 11) is 0. The molecule has 1 heterocycles. The lowest BCUT2D eigenvalue weighted by Crippen LogP contribution is -2.21. The standard InChI is InChI=1S/C40H73NO2/c1-3-5-7-9-11-13-15-17-19-21-23-25-27-29-31-33-35-37-38(40(43)41-39(37)42)36-34-32-30-28-26-24-22-20-18-16-14-12-10-8-6-4-2/h33-38H,3-32H2,1-2H3,(H,41,42,43). The Hall–Kier alpha value is -1.38. The number of amides is 2. The number of carbonyl (C=O) groups is 2. The third-order valence-corrected chi connectivity index (χ3v) is 9.37. The maximum absolute atomic E-state index is 12.3. The molecule has 43 heavy (non-hydrogen) atoms. The van der Waals surface area contributed by atoms with Gasteiger partial charge in [-0.15, -0.1) is 0 Å². The zero-order valence-corrected chi connectivity index (χ0v) is 29.0. The summed E-state index contributed by atoms with van der Waals surface area (Å²) in [4.78, 5) is 24.7. The second-order valence-corrected chi connectivity index (χ2v) is 13.5. The molecule has 0 spiro atoms. The Bertz CT molecular complexity index is 639. The molecule has 0 aliphatic carbocycles. The molecule has 3 heteroatoms. The Morgan fingerprint density at radius 2 is 0.628 bits per heavy atom. The number of carbonyl (C=O) groups excluding carboxylic acids is 2. The summed E-state index contributed by atoms with van der Waals surface area (Å²) in [6.07, 6.45) is 48.6. The number of imide groups is 1. The van der Waals surface area contributed by atoms with Crippen molar-refractivity contribution in [1.82, 2.24) is 5.32 Å². The van der Waals surface area contributed by atoms with Crippen LogP contribution in [0.4, 0.5) is 0 Å². The van der Waals surface area contributed by atoms with E-state index in [1.165, 1.54) is 180 Å². The Kier molecular flexibility index (Phi) is 28.2. The van der Waals surface area contributed by atoms with E-state index < -0.39 is 0 Å². The van der Waals surface area contributed by atoms with Crippen LogP contribution in [0.5, 0.6) is 0 Å². The summed E-state index contributed by atoms with van der Waals surface area (Å²) in [6.45, 7) is 4.57. The fraction of sp³-hybridized carbons (Fsp3) is 0.850. The predicted octanol–water partition coefficient (Wildman–Crippen LogP) is 12.7. The first-order valence-corrected chi connectivity index (χ1v) is 19.4. The largest absolute Gasteiger partial charge is 0.295 e. The van der Waals surface area contributed by atoms with Gasteiger partial charge in [0, 0.05) is 0 Å². The average molecular weight is 600 g/mol. The maximum Gasteiger partial charge on any atom is 0.234 e. The van der Waals surface area contributed by atoms with E-state index in [9.17, 15) is 9.59 Å². The molecule has 3 nitrogen and oxygen atoms in total. The summed E-state index contributed by atoms with van der Waals surface area (Å²) < 4.78 is 0. The third-order valence-electron chi connectivity index (χ3n) is 9.37. The van der Waals surface area contributed by atoms with Gasteiger partial charge in [-0.25, -0.2) is 0 Å². The van der Waals surface area contributed by atoms with Crippen molar-refractivity contribution in [3.05, 3.63) is 24.3 Å². The van der Waals surface area contributed by atoms with Crippen LogP contribution in [-0.2, 0) is 9.59 Å². The topological polar surface area (TPSA) is 46.2 Å². The Balaban J connectivity index is 2.00. The summed E-state index contributed by atoms with van der Waals surface area (Å²) in [5.74, 6) is -0.917. The number of hydrogen-bond acceptors (Lipinski definition) is 2. The zero-order chi connectivity index (χ0) is 31.1. The first-order chi connectivity index (χ1) is 21.2. The summed E-state index contributed by atoms with van der Waals surface area (Å²) >= 11 is 0. The monoisotopic (exact) mass is 600 g/mol. The fourth-order valence-electron chi connectivity index (χ4n) is 6.43. The van der Waals surface area contributed by atoms with Crippen molar-refractivity contribution in [3.63, 3.8) is 0 Å². The van der Waals surface area contributed by atoms with E-state index in [2.05, 4.69) is 31.3 Å². The first-order valence-electron chi connectivity index (χ1n) is 19.4. The Morgan fingerprint density at radius 3 is 0.884 bits per heavy atom. The van der Waals surface area contributed by atoms with Crippen molar-refractivity contribution < 1.29 is 9.59 Å². The van der Waals surface area contributed by atoms with E-state index >= 15 is 0 Å². The highest BCUT2D eigenvalue weighted by Crippen LogP contribution is 2.23. The molecule has 0 radical (unpaired) electrons. The van der Waals surface area contributed by atoms with Gasteiger partial charge >= 0.3 is 0 Å². The molecule has 1 saturated heterocycles. The number of nitrogens with one attached hydrogen (secondary N) is 1. The van der Waals surface area contributed by atoms with Crippen molar-refractivity contribution >= 4 is 11.8 Å². The predicted molar refractivity (Wildman–Crippen MR) is 188 cm³/mol. The molecule has 2 amide bonds. The van der Waals surface area contributed by atoms with Gasteiger partial charge in [0.2, 0.25) is 11.8 Å². The van der Waals surface area contributed by atoms with Crippen LogP contribution in [0.1, 0.15) is 206 Å². The van der Waals surface area contributed by atoms with Crippen molar-refractivity contribution in [2.45, 2.75) is 206 Å². The number of hydrogen-bond donors (Lipinski definition) is 1. The summed E-state index contributed by atoms with van der Waals surface area (Å²) in [5, 5.41) is 2.55. The molecule has 0 aromatic carbocycles. The van der Waals surface area contributed by atoms with Gasteiger partial charge in [0.1, 0.15) is 0 Å². The van der Waals surface area contributed by atoms with Gasteiger partial charge in [-0.1, -0.05) is 205 Å². The van der Waals surface area contributed by atoms with Crippen LogP contribution in [-0.4, -0.2) is 11.8 Å². The van der Waals surface area contributed by atoms with Gasteiger partial charge in [0.05, 0.1) is 11.8 Å². The second kappa shape index (κ2) is 30.6. The average Bonchev–Trinajstić information content (AvgIpc) is 3.27. The van der Waals surface area contributed by atoms with Crippen LogP contribution < -0.4 is 5.32 Å². The molecule has 1 aliphatic heterocycles. The summed E-state index contributed by atoms with van der Waals surface area (Å²) in [6, 6.07) is 0. The van der Waals surface area contributed by atoms with Gasteiger partial charge in [-0.3, -0.25) is 14.9 Å². The van der Waals surface area contributed by atoms with E-state index in [0.29, 0.717) is 0 Å². The minimum absolute atomic E-state index is 0.131. The number of rotatable bonds is 32. The maximum atomic E-state index is 12.3. The van der Waals surface area contributed by atoms with Crippen LogP contribution in [0.25, 0.3) is 0 Å². The zero-order valence-electron chi connectivity index (χ0n) is 29.0. The van der Waals surface area contributed by atoms with E-state index in [-0.39, 0.29) is 23.7 Å². The highest BCUT2D eigenvalue weighted by molar-refractivity contribution is 6.06. The SMILES string of the molecule is CCCCCCCCCCCCCCCCC=CC1C(=O)NC(=O)C1C=CCCCCCCCCCCCCCCCC. The van der Waals surface area contributed by atoms with E-state index in [4.69, 9.17) is 0 Å². The molecule has 0 aromatic heterocycles. The molecular weight excluding hydrogens is 526 g/mol. The van der Waals surface area contributed by atoms with Crippen LogP contribution in [0.2, 0.25) is 0 Å². The van der Waals surface area contributed by atoms with Crippen LogP contribution in [0.3, 0.4) is 0 Å². The Morgan fingerprint density at radius 1 is 0.395 bits per heavy atom. The smallest absolute Gasteiger partial charge is 0.234 e. The molecule has 2 atom stereocenters. The lowest BCUT2D eigenvalue weighted by molar-refractivity contribution is -0.125. The molecule has 0 bridgehead atoms. The quantitative estimate of drug-likeness (QED) is 0.0475. The molecule has 1 aliphatic rings. The van der Waals surface area contributed by atoms with Crippen LogP contribution >= 0.6 is 0 Å². The molecule has 250 valence electrons. The normalized spacial score (nSPS) is 17.2. The first kappa shape index (κ1) is 39.6. The van der Waals surface area contributed by atoms with Gasteiger partial charge in [0.15, 0.2) is 0 Å². The second-order valence-electron chi connectivity index (χ2n) is 13.5. The highest BCUT2D eigenvalue weighted by atomic mass is 16.2. The van der Waals surface area contributed by atoms with Gasteiger partial charge in [-0.05, 0) is 25.7 Å². The van der Waals surface area contributed by atoms with E-state index in [0.717, 1.165) is 12.8 Å². The molecule has 2 unspecified atom stereocenters. The van der Waals surface area contributed by atoms with Gasteiger partial charge in [0.25, 0.3) is 0 Å². The molecular formula is C40H73NO2. The minimum atomic E-state index is -0.327.